The van der Waals surface area contributed by atoms with Gasteiger partial charge in [0.25, 0.3) is 5.56 Å². The van der Waals surface area contributed by atoms with Crippen molar-refractivity contribution in [2.75, 3.05) is 0 Å². The van der Waals surface area contributed by atoms with E-state index < -0.39 is 0 Å². The summed E-state index contributed by atoms with van der Waals surface area (Å²) in [5.41, 5.74) is 1.17. The van der Waals surface area contributed by atoms with Gasteiger partial charge >= 0.3 is 0 Å². The predicted molar refractivity (Wildman–Crippen MR) is 82.8 cm³/mol. The van der Waals surface area contributed by atoms with Crippen LogP contribution in [0.5, 0.6) is 0 Å². The molecule has 0 atom stereocenters. The van der Waals surface area contributed by atoms with Crippen molar-refractivity contribution in [1.82, 2.24) is 9.78 Å². The Labute approximate surface area is 129 Å². The van der Waals surface area contributed by atoms with Crippen LogP contribution in [-0.2, 0) is 5.41 Å². The lowest BCUT2D eigenvalue weighted by molar-refractivity contribution is 0.557. The van der Waals surface area contributed by atoms with Crippen molar-refractivity contribution in [2.24, 2.45) is 0 Å². The monoisotopic (exact) mass is 362 g/mol. The second kappa shape index (κ2) is 5.00. The summed E-state index contributed by atoms with van der Waals surface area (Å²) in [5, 5.41) is 3.98. The lowest BCUT2D eigenvalue weighted by Crippen LogP contribution is -2.14. The maximum Gasteiger partial charge on any atom is 0.285 e. The number of H-pyrrole nitrogens is 1. The molecule has 1 aromatic heterocycles. The molecule has 0 spiro atoms. The molecule has 3 nitrogen and oxygen atoms in total. The summed E-state index contributed by atoms with van der Waals surface area (Å²) in [7, 11) is 0. The second-order valence-electron chi connectivity index (χ2n) is 5.29. The van der Waals surface area contributed by atoms with Gasteiger partial charge in [-0.2, -0.15) is 0 Å². The SMILES string of the molecule is CC(C)(C)c1[nH]n(-c2ccc(Cl)c(Cl)c2)c(=O)c1Br. The molecular weight excluding hydrogens is 351 g/mol. The highest BCUT2D eigenvalue weighted by Gasteiger charge is 2.23. The van der Waals surface area contributed by atoms with E-state index in [1.54, 1.807) is 18.2 Å². The highest BCUT2D eigenvalue weighted by atomic mass is 79.9. The molecule has 0 saturated heterocycles. The van der Waals surface area contributed by atoms with Gasteiger partial charge in [-0.25, -0.2) is 4.68 Å². The van der Waals surface area contributed by atoms with Crippen molar-refractivity contribution >= 4 is 39.1 Å². The number of aromatic amines is 1. The summed E-state index contributed by atoms with van der Waals surface area (Å²) in [4.78, 5) is 12.2. The first-order valence-electron chi connectivity index (χ1n) is 5.68. The van der Waals surface area contributed by atoms with Crippen LogP contribution in [0.1, 0.15) is 26.5 Å². The van der Waals surface area contributed by atoms with E-state index in [1.807, 2.05) is 20.8 Å². The maximum atomic E-state index is 12.2. The summed E-state index contributed by atoms with van der Waals surface area (Å²) in [6.45, 7) is 6.09. The Morgan fingerprint density at radius 1 is 1.21 bits per heavy atom. The summed E-state index contributed by atoms with van der Waals surface area (Å²) in [5.74, 6) is 0. The third kappa shape index (κ3) is 2.76. The van der Waals surface area contributed by atoms with Gasteiger partial charge in [0.15, 0.2) is 0 Å². The third-order valence-electron chi connectivity index (χ3n) is 2.75. The van der Waals surface area contributed by atoms with Crippen LogP contribution in [0.15, 0.2) is 27.5 Å². The molecule has 6 heteroatoms. The summed E-state index contributed by atoms with van der Waals surface area (Å²) >= 11 is 15.2. The van der Waals surface area contributed by atoms with Crippen molar-refractivity contribution in [3.05, 3.63) is 48.8 Å². The molecule has 0 fully saturated rings. The van der Waals surface area contributed by atoms with Crippen LogP contribution >= 0.6 is 39.1 Å². The van der Waals surface area contributed by atoms with Crippen LogP contribution in [0.4, 0.5) is 0 Å². The molecule has 0 unspecified atom stereocenters. The number of benzene rings is 1. The van der Waals surface area contributed by atoms with Crippen LogP contribution in [0.25, 0.3) is 5.69 Å². The lowest BCUT2D eigenvalue weighted by atomic mass is 9.93. The Morgan fingerprint density at radius 2 is 1.84 bits per heavy atom. The Balaban J connectivity index is 2.64. The molecule has 2 rings (SSSR count). The van der Waals surface area contributed by atoms with E-state index in [9.17, 15) is 4.79 Å². The van der Waals surface area contributed by atoms with Crippen LogP contribution in [0, 0.1) is 0 Å². The molecule has 0 aliphatic heterocycles. The van der Waals surface area contributed by atoms with Gasteiger partial charge in [-0.05, 0) is 34.1 Å². The molecule has 102 valence electrons. The molecule has 2 aromatic rings. The van der Waals surface area contributed by atoms with E-state index in [4.69, 9.17) is 23.2 Å². The van der Waals surface area contributed by atoms with Crippen molar-refractivity contribution < 1.29 is 0 Å². The molecule has 19 heavy (non-hydrogen) atoms. The first kappa shape index (κ1) is 14.7. The van der Waals surface area contributed by atoms with Crippen molar-refractivity contribution in [1.29, 1.82) is 0 Å². The Morgan fingerprint density at radius 3 is 2.32 bits per heavy atom. The number of nitrogens with zero attached hydrogens (tertiary/aromatic N) is 1. The molecule has 1 aromatic carbocycles. The molecule has 0 saturated carbocycles. The standard InChI is InChI=1S/C13H13BrCl2N2O/c1-13(2,3)11-10(14)12(19)18(17-11)7-4-5-8(15)9(16)6-7/h4-6,17H,1-3H3. The van der Waals surface area contributed by atoms with Crippen LogP contribution in [0.2, 0.25) is 10.0 Å². The zero-order valence-corrected chi connectivity index (χ0v) is 13.8. The highest BCUT2D eigenvalue weighted by Crippen LogP contribution is 2.28. The average molecular weight is 364 g/mol. The summed E-state index contributed by atoms with van der Waals surface area (Å²) in [6.07, 6.45) is 0. The van der Waals surface area contributed by atoms with Gasteiger partial charge in [0.2, 0.25) is 0 Å². The molecule has 0 aliphatic carbocycles. The molecule has 1 N–H and O–H groups in total. The Bertz CT molecular complexity index is 683. The van der Waals surface area contributed by atoms with Gasteiger partial charge in [-0.15, -0.1) is 0 Å². The Hall–Kier alpha value is -0.710. The number of rotatable bonds is 1. The fraction of sp³-hybridized carbons (Fsp3) is 0.308. The van der Waals surface area contributed by atoms with Crippen LogP contribution in [-0.4, -0.2) is 9.78 Å². The van der Waals surface area contributed by atoms with Crippen molar-refractivity contribution in [2.45, 2.75) is 26.2 Å². The molecule has 0 amide bonds. The maximum absolute atomic E-state index is 12.2. The van der Waals surface area contributed by atoms with Crippen LogP contribution in [0.3, 0.4) is 0 Å². The molecule has 0 aliphatic rings. The number of halogens is 3. The predicted octanol–water partition coefficient (Wildman–Crippen LogP) is 4.53. The molecular formula is C13H13BrCl2N2O. The van der Waals surface area contributed by atoms with Crippen molar-refractivity contribution in [3.63, 3.8) is 0 Å². The highest BCUT2D eigenvalue weighted by molar-refractivity contribution is 9.10. The number of aromatic nitrogens is 2. The lowest BCUT2D eigenvalue weighted by Gasteiger charge is -2.16. The molecule has 1 heterocycles. The van der Waals surface area contributed by atoms with E-state index in [0.29, 0.717) is 20.2 Å². The fourth-order valence-electron chi connectivity index (χ4n) is 1.72. The normalized spacial score (nSPS) is 11.9. The van der Waals surface area contributed by atoms with E-state index in [2.05, 4.69) is 21.0 Å². The van der Waals surface area contributed by atoms with Gasteiger partial charge in [0.1, 0.15) is 4.47 Å². The zero-order chi connectivity index (χ0) is 14.4. The minimum atomic E-state index is -0.167. The van der Waals surface area contributed by atoms with E-state index in [0.717, 1.165) is 5.69 Å². The number of nitrogens with one attached hydrogen (secondary N) is 1. The largest absolute Gasteiger partial charge is 0.293 e. The van der Waals surface area contributed by atoms with E-state index in [1.165, 1.54) is 4.68 Å². The van der Waals surface area contributed by atoms with E-state index in [-0.39, 0.29) is 11.0 Å². The summed E-state index contributed by atoms with van der Waals surface area (Å²) in [6, 6.07) is 5.06. The molecule has 0 bridgehead atoms. The quantitative estimate of drug-likeness (QED) is 0.793. The van der Waals surface area contributed by atoms with Gasteiger partial charge in [-0.3, -0.25) is 9.89 Å². The summed E-state index contributed by atoms with van der Waals surface area (Å²) < 4.78 is 1.98. The van der Waals surface area contributed by atoms with E-state index >= 15 is 0 Å². The van der Waals surface area contributed by atoms with Gasteiger partial charge in [-0.1, -0.05) is 44.0 Å². The smallest absolute Gasteiger partial charge is 0.285 e. The zero-order valence-electron chi connectivity index (χ0n) is 10.7. The Kier molecular flexibility index (Phi) is 3.87. The first-order valence-corrected chi connectivity index (χ1v) is 7.23. The minimum Gasteiger partial charge on any atom is -0.293 e. The topological polar surface area (TPSA) is 37.8 Å². The molecule has 0 radical (unpaired) electrons. The van der Waals surface area contributed by atoms with Gasteiger partial charge in [0.05, 0.1) is 21.4 Å². The van der Waals surface area contributed by atoms with Crippen molar-refractivity contribution in [3.8, 4) is 5.69 Å². The minimum absolute atomic E-state index is 0.150. The number of hydrogen-bond donors (Lipinski definition) is 1. The first-order chi connectivity index (χ1) is 8.71. The third-order valence-corrected chi connectivity index (χ3v) is 4.22. The van der Waals surface area contributed by atoms with Crippen LogP contribution < -0.4 is 5.56 Å². The average Bonchev–Trinajstić information content (AvgIpc) is 2.60. The fourth-order valence-corrected chi connectivity index (χ4v) is 2.87. The number of hydrogen-bond acceptors (Lipinski definition) is 1. The van der Waals surface area contributed by atoms with Gasteiger partial charge in [0, 0.05) is 5.41 Å². The van der Waals surface area contributed by atoms with Gasteiger partial charge < -0.3 is 0 Å². The second-order valence-corrected chi connectivity index (χ2v) is 6.90.